The number of nitrogens with two attached hydrogens (primary N) is 1. The van der Waals surface area contributed by atoms with Gasteiger partial charge in [-0.2, -0.15) is 9.97 Å². The molecule has 2 saturated carbocycles. The van der Waals surface area contributed by atoms with Crippen LogP contribution in [-0.4, -0.2) is 100 Å². The standard InChI is InChI=1S/C47H51ClN14O2S/c1-57(2)44(63)35-21-29-23-53-46(55-41(29)60(35)31-12-6-7-13-31)62(47-54-24-30-22-36(45(64)58(3)4)61(42(30)56-47)32-14-8-9-15-32)43-40(48)37(17-19-50-43)65-39-26-51-38(25-52-39)59-20-18-34(49)33-16-10-5-11-28(33)27-59/h5,10-11,16-17,19,21-26,31-32,34H,6-9,12-15,18,20,27,49H2,1-4H3/t34-/m0/s1. The molecule has 10 rings (SSSR count). The fourth-order valence-corrected chi connectivity index (χ4v) is 10.7. The number of pyridine rings is 1. The van der Waals surface area contributed by atoms with Gasteiger partial charge in [0, 0.05) is 93.7 Å². The topological polar surface area (TPSA) is 173 Å². The number of fused-ring (bicyclic) bond motifs is 3. The molecule has 2 fully saturated rings. The van der Waals surface area contributed by atoms with Crippen LogP contribution in [0, 0.1) is 0 Å². The van der Waals surface area contributed by atoms with E-state index >= 15 is 0 Å². The SMILES string of the molecule is CN(C)C(=O)c1cc2cnc(N(c3ncc4cc(C(=O)N(C)C)n(C5CCCC5)c4n3)c3nccc(Sc4cnc(N5CC[C@H](N)c6ccccc6C5)cn4)c3Cl)nc2n1C1CCCC1. The Morgan fingerprint density at radius 1 is 0.723 bits per heavy atom. The van der Waals surface area contributed by atoms with Crippen LogP contribution >= 0.6 is 23.4 Å². The maximum absolute atomic E-state index is 13.7. The maximum Gasteiger partial charge on any atom is 0.270 e. The molecule has 2 N–H and O–H groups in total. The summed E-state index contributed by atoms with van der Waals surface area (Å²) in [7, 11) is 7.03. The molecular formula is C47H51ClN14O2S. The number of carbonyl (C=O) groups excluding carboxylic acids is 2. The Bertz CT molecular complexity index is 2800. The minimum Gasteiger partial charge on any atom is -0.351 e. The summed E-state index contributed by atoms with van der Waals surface area (Å²) in [5.74, 6) is 1.30. The minimum absolute atomic E-state index is 0.0358. The number of anilines is 4. The molecule has 1 aliphatic heterocycles. The molecule has 1 atom stereocenters. The third kappa shape index (κ3) is 8.03. The van der Waals surface area contributed by atoms with Crippen LogP contribution in [0.3, 0.4) is 0 Å². The lowest BCUT2D eigenvalue weighted by Gasteiger charge is -2.23. The van der Waals surface area contributed by atoms with Gasteiger partial charge in [-0.25, -0.2) is 29.8 Å². The van der Waals surface area contributed by atoms with Gasteiger partial charge in [0.1, 0.15) is 33.5 Å². The second-order valence-corrected chi connectivity index (χ2v) is 19.0. The van der Waals surface area contributed by atoms with Gasteiger partial charge in [-0.1, -0.05) is 73.3 Å². The third-order valence-corrected chi connectivity index (χ3v) is 14.3. The zero-order chi connectivity index (χ0) is 44.9. The first-order chi connectivity index (χ1) is 31.5. The van der Waals surface area contributed by atoms with Crippen molar-refractivity contribution in [2.45, 2.75) is 92.4 Å². The van der Waals surface area contributed by atoms with Gasteiger partial charge in [-0.05, 0) is 61.4 Å². The number of hydrogen-bond donors (Lipinski definition) is 1. The molecule has 0 bridgehead atoms. The number of rotatable bonds is 10. The summed E-state index contributed by atoms with van der Waals surface area (Å²) in [5, 5.41) is 2.42. The molecule has 0 saturated heterocycles. The van der Waals surface area contributed by atoms with Crippen molar-refractivity contribution >= 4 is 80.8 Å². The molecule has 7 heterocycles. The monoisotopic (exact) mass is 910 g/mol. The van der Waals surface area contributed by atoms with Gasteiger partial charge in [-0.3, -0.25) is 9.59 Å². The maximum atomic E-state index is 13.7. The molecule has 3 aliphatic rings. The summed E-state index contributed by atoms with van der Waals surface area (Å²) in [5.41, 5.74) is 11.3. The Balaban J connectivity index is 1.07. The smallest absolute Gasteiger partial charge is 0.270 e. The zero-order valence-corrected chi connectivity index (χ0v) is 38.5. The lowest BCUT2D eigenvalue weighted by molar-refractivity contribution is 0.0808. The van der Waals surface area contributed by atoms with E-state index in [0.717, 1.165) is 80.9 Å². The summed E-state index contributed by atoms with van der Waals surface area (Å²) in [6, 6.07) is 14.0. The predicted octanol–water partition coefficient (Wildman–Crippen LogP) is 8.68. The molecule has 0 spiro atoms. The molecule has 0 unspecified atom stereocenters. The van der Waals surface area contributed by atoms with Crippen molar-refractivity contribution in [1.82, 2.24) is 53.8 Å². The second kappa shape index (κ2) is 17.7. The van der Waals surface area contributed by atoms with Gasteiger partial charge in [-0.15, -0.1) is 0 Å². The number of amides is 2. The van der Waals surface area contributed by atoms with Crippen molar-refractivity contribution in [1.29, 1.82) is 0 Å². The number of aromatic nitrogens is 9. The zero-order valence-electron chi connectivity index (χ0n) is 36.9. The van der Waals surface area contributed by atoms with Gasteiger partial charge < -0.3 is 29.6 Å². The lowest BCUT2D eigenvalue weighted by atomic mass is 10.0. The van der Waals surface area contributed by atoms with Crippen LogP contribution < -0.4 is 15.5 Å². The molecule has 6 aromatic heterocycles. The third-order valence-electron chi connectivity index (χ3n) is 12.9. The van der Waals surface area contributed by atoms with Crippen molar-refractivity contribution in [3.05, 3.63) is 101 Å². The van der Waals surface area contributed by atoms with E-state index in [-0.39, 0.29) is 41.8 Å². The Hall–Kier alpha value is -6.17. The van der Waals surface area contributed by atoms with E-state index in [0.29, 0.717) is 50.0 Å². The molecule has 65 heavy (non-hydrogen) atoms. The highest BCUT2D eigenvalue weighted by Crippen LogP contribution is 2.43. The average Bonchev–Trinajstić information content (AvgIpc) is 4.14. The highest BCUT2D eigenvalue weighted by molar-refractivity contribution is 7.99. The van der Waals surface area contributed by atoms with Gasteiger partial charge in [0.25, 0.3) is 11.8 Å². The Morgan fingerprint density at radius 3 is 1.86 bits per heavy atom. The largest absolute Gasteiger partial charge is 0.351 e. The van der Waals surface area contributed by atoms with Crippen LogP contribution in [0.15, 0.2) is 83.4 Å². The van der Waals surface area contributed by atoms with Crippen molar-refractivity contribution < 1.29 is 9.59 Å². The first-order valence-corrected chi connectivity index (χ1v) is 23.5. The fourth-order valence-electron chi connectivity index (χ4n) is 9.60. The summed E-state index contributed by atoms with van der Waals surface area (Å²) in [4.78, 5) is 69.8. The van der Waals surface area contributed by atoms with E-state index in [1.165, 1.54) is 22.9 Å². The van der Waals surface area contributed by atoms with Crippen molar-refractivity contribution in [3.63, 3.8) is 0 Å². The summed E-state index contributed by atoms with van der Waals surface area (Å²) in [6.45, 7) is 1.45. The van der Waals surface area contributed by atoms with Gasteiger partial charge in [0.15, 0.2) is 5.82 Å². The van der Waals surface area contributed by atoms with E-state index in [9.17, 15) is 9.59 Å². The molecule has 16 nitrogen and oxygen atoms in total. The summed E-state index contributed by atoms with van der Waals surface area (Å²) >= 11 is 8.80. The highest BCUT2D eigenvalue weighted by atomic mass is 35.5. The van der Waals surface area contributed by atoms with Crippen LogP contribution in [-0.2, 0) is 6.54 Å². The molecule has 18 heteroatoms. The molecule has 7 aromatic rings. The number of carbonyl (C=O) groups is 2. The lowest BCUT2D eigenvalue weighted by Crippen LogP contribution is -2.26. The van der Waals surface area contributed by atoms with Crippen molar-refractivity contribution in [2.24, 2.45) is 5.73 Å². The molecule has 2 amide bonds. The Kier molecular flexibility index (Phi) is 11.6. The highest BCUT2D eigenvalue weighted by Gasteiger charge is 2.32. The molecule has 2 aliphatic carbocycles. The number of halogens is 1. The van der Waals surface area contributed by atoms with Crippen molar-refractivity contribution in [2.75, 3.05) is 44.5 Å². The van der Waals surface area contributed by atoms with E-state index < -0.39 is 0 Å². The quantitative estimate of drug-likeness (QED) is 0.138. The average molecular weight is 912 g/mol. The van der Waals surface area contributed by atoms with Gasteiger partial charge in [0.05, 0.1) is 17.4 Å². The molecule has 334 valence electrons. The van der Waals surface area contributed by atoms with E-state index in [1.807, 2.05) is 30.3 Å². The Morgan fingerprint density at radius 2 is 1.31 bits per heavy atom. The predicted molar refractivity (Wildman–Crippen MR) is 252 cm³/mol. The number of nitrogens with zero attached hydrogens (tertiary/aromatic N) is 13. The van der Waals surface area contributed by atoms with Crippen LogP contribution in [0.1, 0.15) is 108 Å². The summed E-state index contributed by atoms with van der Waals surface area (Å²) in [6.07, 6.45) is 17.5. The molecule has 0 radical (unpaired) electrons. The van der Waals surface area contributed by atoms with Gasteiger partial charge in [0.2, 0.25) is 11.9 Å². The molecule has 1 aromatic carbocycles. The van der Waals surface area contributed by atoms with Gasteiger partial charge >= 0.3 is 0 Å². The fraction of sp³-hybridized carbons (Fsp3) is 0.383. The van der Waals surface area contributed by atoms with Crippen LogP contribution in [0.2, 0.25) is 5.02 Å². The summed E-state index contributed by atoms with van der Waals surface area (Å²) < 4.78 is 4.15. The van der Waals surface area contributed by atoms with E-state index in [2.05, 4.69) is 26.2 Å². The number of hydrogen-bond acceptors (Lipinski definition) is 13. The molecular weight excluding hydrogens is 860 g/mol. The van der Waals surface area contributed by atoms with E-state index in [4.69, 9.17) is 52.2 Å². The van der Waals surface area contributed by atoms with E-state index in [1.54, 1.807) is 73.9 Å². The van der Waals surface area contributed by atoms with Crippen molar-refractivity contribution in [3.8, 4) is 0 Å². The Labute approximate surface area is 386 Å². The first kappa shape index (κ1) is 42.8. The normalized spacial score (nSPS) is 16.9. The van der Waals surface area contributed by atoms with Crippen LogP contribution in [0.5, 0.6) is 0 Å². The first-order valence-electron chi connectivity index (χ1n) is 22.3. The number of benzene rings is 1. The minimum atomic E-state index is -0.107. The van der Waals surface area contributed by atoms with Crippen LogP contribution in [0.25, 0.3) is 22.1 Å². The van der Waals surface area contributed by atoms with Crippen LogP contribution in [0.4, 0.5) is 23.5 Å². The second-order valence-electron chi connectivity index (χ2n) is 17.6.